The lowest BCUT2D eigenvalue weighted by molar-refractivity contribution is 0.0729. The Hall–Kier alpha value is -2.83. The van der Waals surface area contributed by atoms with Gasteiger partial charge in [-0.15, -0.1) is 0 Å². The lowest BCUT2D eigenvalue weighted by Crippen LogP contribution is -2.32. The highest BCUT2D eigenvalue weighted by Gasteiger charge is 2.33. The fourth-order valence-corrected chi connectivity index (χ4v) is 2.97. The van der Waals surface area contributed by atoms with Crippen molar-refractivity contribution in [3.05, 3.63) is 53.1 Å². The van der Waals surface area contributed by atoms with Gasteiger partial charge in [-0.25, -0.2) is 8.78 Å². The summed E-state index contributed by atoms with van der Waals surface area (Å²) in [6.07, 6.45) is 1.75. The Labute approximate surface area is 156 Å². The minimum absolute atomic E-state index is 0.0738. The fraction of sp³-hybridized carbons (Fsp3) is 0.350. The first-order chi connectivity index (χ1) is 13.0. The quantitative estimate of drug-likeness (QED) is 0.737. The summed E-state index contributed by atoms with van der Waals surface area (Å²) in [5.41, 5.74) is 0.903. The molecular formula is C20H21F2NO4. The molecule has 0 unspecified atom stereocenters. The van der Waals surface area contributed by atoms with E-state index >= 15 is 0 Å². The molecule has 0 aromatic heterocycles. The third-order valence-corrected chi connectivity index (χ3v) is 4.49. The molecule has 0 heterocycles. The van der Waals surface area contributed by atoms with Crippen LogP contribution in [-0.2, 0) is 6.54 Å². The predicted molar refractivity (Wildman–Crippen MR) is 95.4 cm³/mol. The zero-order valence-corrected chi connectivity index (χ0v) is 15.4. The number of hydrogen-bond acceptors (Lipinski definition) is 4. The van der Waals surface area contributed by atoms with E-state index in [0.717, 1.165) is 30.5 Å². The van der Waals surface area contributed by atoms with Crippen LogP contribution >= 0.6 is 0 Å². The Bertz CT molecular complexity index is 827. The van der Waals surface area contributed by atoms with Gasteiger partial charge in [0.05, 0.1) is 21.3 Å². The van der Waals surface area contributed by atoms with Crippen molar-refractivity contribution < 1.29 is 27.8 Å². The van der Waals surface area contributed by atoms with Crippen LogP contribution in [-0.4, -0.2) is 38.2 Å². The molecule has 0 bridgehead atoms. The number of ether oxygens (including phenoxy) is 3. The van der Waals surface area contributed by atoms with Crippen LogP contribution in [0.3, 0.4) is 0 Å². The van der Waals surface area contributed by atoms with Crippen LogP contribution in [0.4, 0.5) is 8.78 Å². The molecule has 2 aromatic carbocycles. The number of rotatable bonds is 7. The van der Waals surface area contributed by atoms with Crippen LogP contribution in [0, 0.1) is 11.6 Å². The molecule has 1 aliphatic carbocycles. The largest absolute Gasteiger partial charge is 0.493 e. The van der Waals surface area contributed by atoms with E-state index in [2.05, 4.69) is 0 Å². The Morgan fingerprint density at radius 2 is 1.63 bits per heavy atom. The summed E-state index contributed by atoms with van der Waals surface area (Å²) in [5, 5.41) is 0. The van der Waals surface area contributed by atoms with Crippen molar-refractivity contribution in [2.75, 3.05) is 21.3 Å². The molecule has 0 aliphatic heterocycles. The molecule has 7 heteroatoms. The normalized spacial score (nSPS) is 13.2. The predicted octanol–water partition coefficient (Wildman–Crippen LogP) is 3.80. The molecule has 5 nitrogen and oxygen atoms in total. The van der Waals surface area contributed by atoms with Gasteiger partial charge in [-0.3, -0.25) is 4.79 Å². The molecule has 2 aromatic rings. The maximum atomic E-state index is 13.5. The summed E-state index contributed by atoms with van der Waals surface area (Å²) in [6, 6.07) is 6.82. The van der Waals surface area contributed by atoms with E-state index in [1.807, 2.05) is 0 Å². The van der Waals surface area contributed by atoms with Crippen LogP contribution in [0.25, 0.3) is 0 Å². The van der Waals surface area contributed by atoms with Gasteiger partial charge < -0.3 is 19.1 Å². The van der Waals surface area contributed by atoms with Crippen LogP contribution in [0.15, 0.2) is 30.3 Å². The Morgan fingerprint density at radius 1 is 1.00 bits per heavy atom. The zero-order valence-electron chi connectivity index (χ0n) is 15.4. The van der Waals surface area contributed by atoms with E-state index in [9.17, 15) is 13.6 Å². The van der Waals surface area contributed by atoms with E-state index in [1.165, 1.54) is 27.4 Å². The summed E-state index contributed by atoms with van der Waals surface area (Å²) in [5.74, 6) is -0.914. The smallest absolute Gasteiger partial charge is 0.254 e. The molecular weight excluding hydrogens is 356 g/mol. The van der Waals surface area contributed by atoms with Gasteiger partial charge >= 0.3 is 0 Å². The molecule has 1 amide bonds. The third-order valence-electron chi connectivity index (χ3n) is 4.49. The van der Waals surface area contributed by atoms with Crippen molar-refractivity contribution in [2.45, 2.75) is 25.4 Å². The number of nitrogens with zero attached hydrogens (tertiary/aromatic N) is 1. The molecule has 3 rings (SSSR count). The van der Waals surface area contributed by atoms with E-state index in [4.69, 9.17) is 14.2 Å². The van der Waals surface area contributed by atoms with Gasteiger partial charge in [0, 0.05) is 18.2 Å². The number of hydrogen-bond donors (Lipinski definition) is 0. The lowest BCUT2D eigenvalue weighted by atomic mass is 10.1. The Morgan fingerprint density at radius 3 is 2.11 bits per heavy atom. The second kappa shape index (κ2) is 7.82. The van der Waals surface area contributed by atoms with Crippen LogP contribution < -0.4 is 14.2 Å². The topological polar surface area (TPSA) is 48.0 Å². The molecule has 1 fully saturated rings. The first-order valence-electron chi connectivity index (χ1n) is 8.53. The van der Waals surface area contributed by atoms with Crippen molar-refractivity contribution in [1.29, 1.82) is 0 Å². The van der Waals surface area contributed by atoms with Gasteiger partial charge in [-0.1, -0.05) is 0 Å². The summed E-state index contributed by atoms with van der Waals surface area (Å²) < 4.78 is 42.7. The second-order valence-electron chi connectivity index (χ2n) is 6.33. The second-order valence-corrected chi connectivity index (χ2v) is 6.33. The van der Waals surface area contributed by atoms with Gasteiger partial charge in [-0.2, -0.15) is 0 Å². The number of amides is 1. The lowest BCUT2D eigenvalue weighted by Gasteiger charge is -2.24. The standard InChI is InChI=1S/C20H21F2NO4/c1-25-17-8-12(9-18(26-2)19(17)27-3)11-23(14-5-6-14)20(24)13-4-7-15(21)16(22)10-13/h4,7-10,14H,5-6,11H2,1-3H3. The van der Waals surface area contributed by atoms with Crippen LogP contribution in [0.1, 0.15) is 28.8 Å². The van der Waals surface area contributed by atoms with E-state index in [1.54, 1.807) is 17.0 Å². The van der Waals surface area contributed by atoms with Gasteiger partial charge in [-0.05, 0) is 48.7 Å². The van der Waals surface area contributed by atoms with E-state index in [0.29, 0.717) is 23.8 Å². The first-order valence-corrected chi connectivity index (χ1v) is 8.53. The molecule has 0 saturated heterocycles. The summed E-state index contributed by atoms with van der Waals surface area (Å²) >= 11 is 0. The van der Waals surface area contributed by atoms with Crippen molar-refractivity contribution in [3.63, 3.8) is 0 Å². The summed E-state index contributed by atoms with van der Waals surface area (Å²) in [6.45, 7) is 0.291. The molecule has 0 N–H and O–H groups in total. The minimum Gasteiger partial charge on any atom is -0.493 e. The number of halogens is 2. The first kappa shape index (κ1) is 18.9. The fourth-order valence-electron chi connectivity index (χ4n) is 2.97. The van der Waals surface area contributed by atoms with Crippen molar-refractivity contribution in [2.24, 2.45) is 0 Å². The minimum atomic E-state index is -1.04. The molecule has 0 radical (unpaired) electrons. The highest BCUT2D eigenvalue weighted by Crippen LogP contribution is 2.39. The molecule has 1 aliphatic rings. The zero-order chi connectivity index (χ0) is 19.6. The summed E-state index contributed by atoms with van der Waals surface area (Å²) in [4.78, 5) is 14.5. The average Bonchev–Trinajstić information content (AvgIpc) is 3.51. The van der Waals surface area contributed by atoms with E-state index in [-0.39, 0.29) is 17.5 Å². The van der Waals surface area contributed by atoms with Gasteiger partial charge in [0.15, 0.2) is 23.1 Å². The Balaban J connectivity index is 1.91. The molecule has 144 valence electrons. The number of methoxy groups -OCH3 is 3. The molecule has 0 spiro atoms. The van der Waals surface area contributed by atoms with Gasteiger partial charge in [0.2, 0.25) is 5.75 Å². The summed E-state index contributed by atoms with van der Waals surface area (Å²) in [7, 11) is 4.56. The van der Waals surface area contributed by atoms with Gasteiger partial charge in [0.1, 0.15) is 0 Å². The molecule has 0 atom stereocenters. The number of carbonyl (C=O) groups is 1. The third kappa shape index (κ3) is 3.97. The SMILES string of the molecule is COc1cc(CN(C(=O)c2ccc(F)c(F)c2)C2CC2)cc(OC)c1OC. The van der Waals surface area contributed by atoms with Crippen molar-refractivity contribution in [1.82, 2.24) is 4.90 Å². The molecule has 1 saturated carbocycles. The maximum Gasteiger partial charge on any atom is 0.254 e. The number of carbonyl (C=O) groups excluding carboxylic acids is 1. The van der Waals surface area contributed by atoms with Crippen molar-refractivity contribution >= 4 is 5.91 Å². The van der Waals surface area contributed by atoms with Crippen LogP contribution in [0.2, 0.25) is 0 Å². The van der Waals surface area contributed by atoms with Gasteiger partial charge in [0.25, 0.3) is 5.91 Å². The number of benzene rings is 2. The monoisotopic (exact) mass is 377 g/mol. The highest BCUT2D eigenvalue weighted by atomic mass is 19.2. The van der Waals surface area contributed by atoms with E-state index < -0.39 is 11.6 Å². The maximum absolute atomic E-state index is 13.5. The average molecular weight is 377 g/mol. The Kier molecular flexibility index (Phi) is 5.48. The van der Waals surface area contributed by atoms with Crippen molar-refractivity contribution in [3.8, 4) is 17.2 Å². The highest BCUT2D eigenvalue weighted by molar-refractivity contribution is 5.94. The van der Waals surface area contributed by atoms with Crippen LogP contribution in [0.5, 0.6) is 17.2 Å². The molecule has 27 heavy (non-hydrogen) atoms.